The molecule has 3 rings (SSSR count). The number of carbonyl (C=O) groups is 2. The predicted molar refractivity (Wildman–Crippen MR) is 105 cm³/mol. The highest BCUT2D eigenvalue weighted by Gasteiger charge is 2.16. The second kappa shape index (κ2) is 7.93. The minimum absolute atomic E-state index is 0.00737. The van der Waals surface area contributed by atoms with Crippen molar-refractivity contribution < 1.29 is 14.0 Å². The molecule has 8 nitrogen and oxygen atoms in total. The Bertz CT molecular complexity index is 1080. The molecule has 1 aromatic carbocycles. The van der Waals surface area contributed by atoms with Crippen LogP contribution in [0.1, 0.15) is 23.9 Å². The summed E-state index contributed by atoms with van der Waals surface area (Å²) in [5, 5.41) is 10.1. The molecule has 0 spiro atoms. The highest BCUT2D eigenvalue weighted by molar-refractivity contribution is 7.98. The van der Waals surface area contributed by atoms with Gasteiger partial charge in [0, 0.05) is 29.6 Å². The van der Waals surface area contributed by atoms with E-state index in [0.717, 1.165) is 11.3 Å². The number of thioether (sulfide) groups is 1. The molecule has 2 heterocycles. The topological polar surface area (TPSA) is 101 Å². The van der Waals surface area contributed by atoms with E-state index >= 15 is 0 Å². The van der Waals surface area contributed by atoms with Crippen LogP contribution in [0.5, 0.6) is 0 Å². The van der Waals surface area contributed by atoms with Gasteiger partial charge in [-0.05, 0) is 38.3 Å². The molecule has 0 saturated heterocycles. The number of aryl methyl sites for hydroxylation is 2. The van der Waals surface area contributed by atoms with Crippen LogP contribution >= 0.6 is 11.8 Å². The van der Waals surface area contributed by atoms with E-state index in [4.69, 9.17) is 0 Å². The molecule has 0 aliphatic carbocycles. The molecule has 10 heteroatoms. The summed E-state index contributed by atoms with van der Waals surface area (Å²) >= 11 is 1.41. The third-order valence-corrected chi connectivity index (χ3v) is 4.65. The van der Waals surface area contributed by atoms with Gasteiger partial charge in [-0.2, -0.15) is 4.98 Å². The molecule has 146 valence electrons. The molecule has 2 amide bonds. The molecular formula is C18H19FN6O2S. The first-order chi connectivity index (χ1) is 13.3. The maximum atomic E-state index is 13.7. The van der Waals surface area contributed by atoms with Gasteiger partial charge in [0.1, 0.15) is 5.82 Å². The molecule has 0 atom stereocenters. The number of nitrogens with one attached hydrogen (secondary N) is 2. The van der Waals surface area contributed by atoms with Gasteiger partial charge in [0.05, 0.1) is 12.1 Å². The van der Waals surface area contributed by atoms with E-state index in [1.165, 1.54) is 36.9 Å². The smallest absolute Gasteiger partial charge is 0.253 e. The quantitative estimate of drug-likeness (QED) is 0.637. The summed E-state index contributed by atoms with van der Waals surface area (Å²) in [5.74, 6) is -0.782. The van der Waals surface area contributed by atoms with Crippen molar-refractivity contribution >= 4 is 40.7 Å². The number of hydrogen-bond acceptors (Lipinski definition) is 6. The van der Waals surface area contributed by atoms with E-state index in [9.17, 15) is 14.0 Å². The molecule has 0 fully saturated rings. The van der Waals surface area contributed by atoms with Crippen molar-refractivity contribution in [2.24, 2.45) is 0 Å². The Hall–Kier alpha value is -3.01. The van der Waals surface area contributed by atoms with Crippen molar-refractivity contribution in [1.82, 2.24) is 19.6 Å². The lowest BCUT2D eigenvalue weighted by molar-refractivity contribution is -0.116. The Morgan fingerprint density at radius 3 is 2.64 bits per heavy atom. The SMILES string of the molecule is CSc1nc2nc(C)c(CC(=O)Nc3ccc(F)c(NC(C)=O)c3)c(C)n2n1. The minimum Gasteiger partial charge on any atom is -0.326 e. The van der Waals surface area contributed by atoms with Gasteiger partial charge in [0.25, 0.3) is 5.78 Å². The Morgan fingerprint density at radius 1 is 1.21 bits per heavy atom. The van der Waals surface area contributed by atoms with Crippen LogP contribution in [-0.4, -0.2) is 37.7 Å². The molecule has 0 aliphatic heterocycles. The lowest BCUT2D eigenvalue weighted by Gasteiger charge is -2.12. The molecule has 0 aliphatic rings. The van der Waals surface area contributed by atoms with E-state index in [1.807, 2.05) is 20.1 Å². The van der Waals surface area contributed by atoms with E-state index in [0.29, 0.717) is 22.3 Å². The van der Waals surface area contributed by atoms with Gasteiger partial charge in [0.15, 0.2) is 0 Å². The average molecular weight is 402 g/mol. The normalized spacial score (nSPS) is 10.9. The van der Waals surface area contributed by atoms with Crippen LogP contribution in [0.4, 0.5) is 15.8 Å². The number of fused-ring (bicyclic) bond motifs is 1. The molecule has 2 aromatic heterocycles. The molecule has 0 bridgehead atoms. The van der Waals surface area contributed by atoms with Gasteiger partial charge in [-0.1, -0.05) is 11.8 Å². The van der Waals surface area contributed by atoms with Gasteiger partial charge >= 0.3 is 0 Å². The fourth-order valence-corrected chi connectivity index (χ4v) is 3.12. The number of rotatable bonds is 5. The average Bonchev–Trinajstić information content (AvgIpc) is 3.04. The molecule has 0 radical (unpaired) electrons. The first-order valence-electron chi connectivity index (χ1n) is 8.42. The minimum atomic E-state index is -0.578. The zero-order valence-corrected chi connectivity index (χ0v) is 16.6. The number of aromatic nitrogens is 4. The number of benzene rings is 1. The van der Waals surface area contributed by atoms with Gasteiger partial charge < -0.3 is 10.6 Å². The maximum absolute atomic E-state index is 13.7. The summed E-state index contributed by atoms with van der Waals surface area (Å²) in [6.07, 6.45) is 1.95. The van der Waals surface area contributed by atoms with Gasteiger partial charge in [0.2, 0.25) is 17.0 Å². The van der Waals surface area contributed by atoms with Crippen molar-refractivity contribution in [2.45, 2.75) is 32.3 Å². The number of halogens is 1. The van der Waals surface area contributed by atoms with Crippen LogP contribution in [0.25, 0.3) is 5.78 Å². The molecular weight excluding hydrogens is 383 g/mol. The van der Waals surface area contributed by atoms with Crippen LogP contribution < -0.4 is 10.6 Å². The lowest BCUT2D eigenvalue weighted by atomic mass is 10.1. The summed E-state index contributed by atoms with van der Waals surface area (Å²) in [5.41, 5.74) is 2.60. The van der Waals surface area contributed by atoms with Crippen LogP contribution in [-0.2, 0) is 16.0 Å². The fraction of sp³-hybridized carbons (Fsp3) is 0.278. The van der Waals surface area contributed by atoms with E-state index in [2.05, 4.69) is 25.7 Å². The van der Waals surface area contributed by atoms with Gasteiger partial charge in [-0.3, -0.25) is 9.59 Å². The van der Waals surface area contributed by atoms with Gasteiger partial charge in [-0.15, -0.1) is 5.10 Å². The Balaban J connectivity index is 1.82. The van der Waals surface area contributed by atoms with Crippen LogP contribution in [0.15, 0.2) is 23.4 Å². The number of anilines is 2. The zero-order valence-electron chi connectivity index (χ0n) is 15.8. The monoisotopic (exact) mass is 402 g/mol. The Kier molecular flexibility index (Phi) is 5.59. The second-order valence-corrected chi connectivity index (χ2v) is 6.95. The summed E-state index contributed by atoms with van der Waals surface area (Å²) in [7, 11) is 0. The molecule has 3 aromatic rings. The Labute approximate surface area is 165 Å². The molecule has 0 unspecified atom stereocenters. The first kappa shape index (κ1) is 19.7. The Morgan fingerprint density at radius 2 is 1.96 bits per heavy atom. The summed E-state index contributed by atoms with van der Waals surface area (Å²) < 4.78 is 15.4. The second-order valence-electron chi connectivity index (χ2n) is 6.17. The summed E-state index contributed by atoms with van der Waals surface area (Å²) in [6, 6.07) is 3.99. The third kappa shape index (κ3) is 4.11. The van der Waals surface area contributed by atoms with Crippen molar-refractivity contribution in [3.8, 4) is 0 Å². The summed E-state index contributed by atoms with van der Waals surface area (Å²) in [6.45, 7) is 4.96. The molecule has 28 heavy (non-hydrogen) atoms. The van der Waals surface area contributed by atoms with Crippen molar-refractivity contribution in [1.29, 1.82) is 0 Å². The predicted octanol–water partition coefficient (Wildman–Crippen LogP) is 2.74. The molecule has 0 saturated carbocycles. The number of nitrogens with zero attached hydrogens (tertiary/aromatic N) is 4. The standard InChI is InChI=1S/C18H19FN6O2S/c1-9-13(10(2)25-17(20-9)23-18(24-25)28-4)8-16(27)22-12-5-6-14(19)15(7-12)21-11(3)26/h5-7H,8H2,1-4H3,(H,21,26)(H,22,27). The lowest BCUT2D eigenvalue weighted by Crippen LogP contribution is -2.18. The third-order valence-electron chi connectivity index (χ3n) is 4.11. The fourth-order valence-electron chi connectivity index (χ4n) is 2.79. The van der Waals surface area contributed by atoms with Crippen molar-refractivity contribution in [2.75, 3.05) is 16.9 Å². The largest absolute Gasteiger partial charge is 0.326 e. The maximum Gasteiger partial charge on any atom is 0.253 e. The van der Waals surface area contributed by atoms with E-state index < -0.39 is 11.7 Å². The highest BCUT2D eigenvalue weighted by atomic mass is 32.2. The van der Waals surface area contributed by atoms with Crippen LogP contribution in [0.2, 0.25) is 0 Å². The summed E-state index contributed by atoms with van der Waals surface area (Å²) in [4.78, 5) is 32.4. The number of hydrogen-bond donors (Lipinski definition) is 2. The number of carbonyl (C=O) groups excluding carboxylic acids is 2. The van der Waals surface area contributed by atoms with E-state index in [1.54, 1.807) is 4.52 Å². The van der Waals surface area contributed by atoms with Gasteiger partial charge in [-0.25, -0.2) is 13.9 Å². The zero-order chi connectivity index (χ0) is 20.4. The van der Waals surface area contributed by atoms with E-state index in [-0.39, 0.29) is 18.0 Å². The number of amides is 2. The van der Waals surface area contributed by atoms with Crippen molar-refractivity contribution in [3.05, 3.63) is 41.0 Å². The van der Waals surface area contributed by atoms with Crippen molar-refractivity contribution in [3.63, 3.8) is 0 Å². The first-order valence-corrected chi connectivity index (χ1v) is 9.64. The highest BCUT2D eigenvalue weighted by Crippen LogP contribution is 2.21. The molecule has 2 N–H and O–H groups in total. The van der Waals surface area contributed by atoms with Crippen LogP contribution in [0.3, 0.4) is 0 Å². The van der Waals surface area contributed by atoms with Crippen LogP contribution in [0, 0.1) is 19.7 Å².